The number of halogens is 1. The number of carbonyl (C=O) groups is 1. The maximum absolute atomic E-state index is 12.7. The Hall–Kier alpha value is -2.18. The van der Waals surface area contributed by atoms with Crippen LogP contribution in [0, 0.1) is 5.92 Å². The van der Waals surface area contributed by atoms with Crippen LogP contribution < -0.4 is 10.2 Å². The lowest BCUT2D eigenvalue weighted by Crippen LogP contribution is -2.45. The van der Waals surface area contributed by atoms with Gasteiger partial charge in [0.05, 0.1) is 11.3 Å². The summed E-state index contributed by atoms with van der Waals surface area (Å²) < 4.78 is 0. The summed E-state index contributed by atoms with van der Waals surface area (Å²) in [5.41, 5.74) is 2.36. The normalized spacial score (nSPS) is 20.5. The van der Waals surface area contributed by atoms with Gasteiger partial charge in [0.2, 0.25) is 5.95 Å². The van der Waals surface area contributed by atoms with E-state index in [-0.39, 0.29) is 5.78 Å². The number of anilines is 3. The van der Waals surface area contributed by atoms with Gasteiger partial charge in [-0.2, -0.15) is 4.98 Å². The number of ketones is 1. The molecule has 1 N–H and O–H groups in total. The van der Waals surface area contributed by atoms with Crippen LogP contribution in [0.5, 0.6) is 0 Å². The van der Waals surface area contributed by atoms with Gasteiger partial charge in [0, 0.05) is 43.3 Å². The van der Waals surface area contributed by atoms with Gasteiger partial charge in [-0.3, -0.25) is 4.79 Å². The molecule has 0 amide bonds. The first kappa shape index (κ1) is 18.2. The van der Waals surface area contributed by atoms with Crippen molar-refractivity contribution in [3.8, 4) is 0 Å². The molecule has 2 heterocycles. The minimum Gasteiger partial charge on any atom is -0.339 e. The zero-order valence-electron chi connectivity index (χ0n) is 15.7. The highest BCUT2D eigenvalue weighted by atomic mass is 35.5. The van der Waals surface area contributed by atoms with Crippen molar-refractivity contribution in [2.24, 2.45) is 5.92 Å². The molecule has 2 aromatic rings. The smallest absolute Gasteiger partial charge is 0.227 e. The van der Waals surface area contributed by atoms with Crippen molar-refractivity contribution in [2.45, 2.75) is 19.8 Å². The molecule has 0 bridgehead atoms. The highest BCUT2D eigenvalue weighted by Crippen LogP contribution is 2.32. The average molecular weight is 386 g/mol. The van der Waals surface area contributed by atoms with Crippen molar-refractivity contribution in [3.05, 3.63) is 40.5 Å². The molecule has 1 atom stereocenters. The number of benzene rings is 1. The van der Waals surface area contributed by atoms with Crippen LogP contribution in [0.15, 0.2) is 24.3 Å². The topological polar surface area (TPSA) is 61.4 Å². The predicted molar refractivity (Wildman–Crippen MR) is 108 cm³/mol. The van der Waals surface area contributed by atoms with Gasteiger partial charge >= 0.3 is 0 Å². The Bertz CT molecular complexity index is 846. The number of likely N-dealkylation sites (N-methyl/N-ethyl adjacent to an activating group) is 1. The molecule has 0 saturated carbocycles. The number of piperazine rings is 1. The van der Waals surface area contributed by atoms with E-state index < -0.39 is 0 Å². The number of fused-ring (bicyclic) bond motifs is 1. The number of hydrogen-bond acceptors (Lipinski definition) is 6. The lowest BCUT2D eigenvalue weighted by atomic mass is 9.87. The minimum absolute atomic E-state index is 0.116. The lowest BCUT2D eigenvalue weighted by molar-refractivity contribution is 0.0952. The second-order valence-corrected chi connectivity index (χ2v) is 7.99. The Kier molecular flexibility index (Phi) is 5.02. The highest BCUT2D eigenvalue weighted by molar-refractivity contribution is 6.30. The maximum Gasteiger partial charge on any atom is 0.227 e. The Morgan fingerprint density at radius 2 is 1.78 bits per heavy atom. The Balaban J connectivity index is 1.73. The number of aromatic nitrogens is 2. The van der Waals surface area contributed by atoms with Gasteiger partial charge in [-0.1, -0.05) is 18.5 Å². The van der Waals surface area contributed by atoms with Crippen molar-refractivity contribution >= 4 is 34.8 Å². The minimum atomic E-state index is 0.116. The van der Waals surface area contributed by atoms with Gasteiger partial charge in [-0.25, -0.2) is 4.98 Å². The van der Waals surface area contributed by atoms with Crippen LogP contribution in [-0.4, -0.2) is 53.9 Å². The molecule has 0 unspecified atom stereocenters. The Labute approximate surface area is 164 Å². The van der Waals surface area contributed by atoms with E-state index in [9.17, 15) is 4.79 Å². The number of rotatable bonds is 3. The third-order valence-corrected chi connectivity index (χ3v) is 5.47. The monoisotopic (exact) mass is 385 g/mol. The number of nitrogens with zero attached hydrogens (tertiary/aromatic N) is 4. The first-order valence-corrected chi connectivity index (χ1v) is 9.77. The van der Waals surface area contributed by atoms with Crippen molar-refractivity contribution in [1.29, 1.82) is 0 Å². The van der Waals surface area contributed by atoms with Crippen molar-refractivity contribution in [2.75, 3.05) is 43.4 Å². The first-order chi connectivity index (χ1) is 13.0. The van der Waals surface area contributed by atoms with Crippen molar-refractivity contribution < 1.29 is 4.79 Å². The number of hydrogen-bond donors (Lipinski definition) is 1. The van der Waals surface area contributed by atoms with Crippen LogP contribution in [0.4, 0.5) is 17.5 Å². The van der Waals surface area contributed by atoms with Gasteiger partial charge in [0.15, 0.2) is 5.78 Å². The summed E-state index contributed by atoms with van der Waals surface area (Å²) in [5.74, 6) is 1.74. The molecule has 142 valence electrons. The summed E-state index contributed by atoms with van der Waals surface area (Å²) in [7, 11) is 2.12. The van der Waals surface area contributed by atoms with Gasteiger partial charge in [-0.15, -0.1) is 0 Å². The van der Waals surface area contributed by atoms with E-state index in [1.807, 2.05) is 24.3 Å². The Morgan fingerprint density at radius 3 is 2.48 bits per heavy atom. The van der Waals surface area contributed by atoms with Crippen molar-refractivity contribution in [3.63, 3.8) is 0 Å². The molecule has 0 spiro atoms. The molecular weight excluding hydrogens is 362 g/mol. The third-order valence-electron chi connectivity index (χ3n) is 5.22. The summed E-state index contributed by atoms with van der Waals surface area (Å²) in [6.07, 6.45) is 1.35. The molecule has 1 saturated heterocycles. The van der Waals surface area contributed by atoms with E-state index in [4.69, 9.17) is 21.6 Å². The molecule has 4 rings (SSSR count). The maximum atomic E-state index is 12.7. The summed E-state index contributed by atoms with van der Waals surface area (Å²) in [5, 5.41) is 4.00. The first-order valence-electron chi connectivity index (χ1n) is 9.40. The number of Topliss-reactive ketones (excluding diaryl/α,β-unsaturated/α-hetero) is 1. The average Bonchev–Trinajstić information content (AvgIpc) is 2.63. The Morgan fingerprint density at radius 1 is 1.07 bits per heavy atom. The van der Waals surface area contributed by atoms with Gasteiger partial charge < -0.3 is 15.1 Å². The van der Waals surface area contributed by atoms with Crippen LogP contribution in [-0.2, 0) is 6.42 Å². The molecule has 1 aromatic carbocycles. The molecule has 2 aliphatic rings. The largest absolute Gasteiger partial charge is 0.339 e. The van der Waals surface area contributed by atoms with Crippen LogP contribution >= 0.6 is 11.6 Å². The molecule has 6 nitrogen and oxygen atoms in total. The highest BCUT2D eigenvalue weighted by Gasteiger charge is 2.29. The van der Waals surface area contributed by atoms with E-state index in [2.05, 4.69) is 29.1 Å². The fourth-order valence-electron chi connectivity index (χ4n) is 3.66. The zero-order chi connectivity index (χ0) is 19.0. The summed E-state index contributed by atoms with van der Waals surface area (Å²) in [6.45, 7) is 5.84. The van der Waals surface area contributed by atoms with Crippen LogP contribution in [0.3, 0.4) is 0 Å². The molecule has 27 heavy (non-hydrogen) atoms. The molecule has 1 aliphatic heterocycles. The van der Waals surface area contributed by atoms with E-state index in [0.29, 0.717) is 34.7 Å². The molecule has 1 fully saturated rings. The van der Waals surface area contributed by atoms with E-state index in [1.54, 1.807) is 0 Å². The molecule has 0 radical (unpaired) electrons. The third kappa shape index (κ3) is 3.92. The molecule has 1 aromatic heterocycles. The summed E-state index contributed by atoms with van der Waals surface area (Å²) in [4.78, 5) is 26.8. The fourth-order valence-corrected chi connectivity index (χ4v) is 3.79. The number of nitrogens with one attached hydrogen (secondary N) is 1. The number of carbonyl (C=O) groups excluding carboxylic acids is 1. The van der Waals surface area contributed by atoms with Crippen LogP contribution in [0.2, 0.25) is 5.02 Å². The van der Waals surface area contributed by atoms with E-state index in [1.165, 1.54) is 0 Å². The second-order valence-electron chi connectivity index (χ2n) is 7.55. The van der Waals surface area contributed by atoms with E-state index in [0.717, 1.165) is 44.0 Å². The fraction of sp³-hybridized carbons (Fsp3) is 0.450. The van der Waals surface area contributed by atoms with Gasteiger partial charge in [0.1, 0.15) is 5.82 Å². The zero-order valence-corrected chi connectivity index (χ0v) is 16.5. The quantitative estimate of drug-likeness (QED) is 0.873. The molecule has 7 heteroatoms. The predicted octanol–water partition coefficient (Wildman–Crippen LogP) is 3.39. The lowest BCUT2D eigenvalue weighted by Gasteiger charge is -2.33. The SMILES string of the molecule is C[C@H]1CC(=O)c2c(nc(N3CCN(C)CC3)nc2Nc2ccc(Cl)cc2)C1. The summed E-state index contributed by atoms with van der Waals surface area (Å²) >= 11 is 5.99. The summed E-state index contributed by atoms with van der Waals surface area (Å²) in [6, 6.07) is 7.43. The van der Waals surface area contributed by atoms with E-state index >= 15 is 0 Å². The van der Waals surface area contributed by atoms with Crippen molar-refractivity contribution in [1.82, 2.24) is 14.9 Å². The molecular formula is C20H24ClN5O. The molecule has 1 aliphatic carbocycles. The van der Waals surface area contributed by atoms with Gasteiger partial charge in [-0.05, 0) is 43.7 Å². The standard InChI is InChI=1S/C20H24ClN5O/c1-13-11-16-18(17(27)12-13)19(22-15-5-3-14(21)4-6-15)24-20(23-16)26-9-7-25(2)8-10-26/h3-6,13H,7-12H2,1-2H3,(H,22,23,24)/t13-/m1/s1. The van der Waals surface area contributed by atoms with Gasteiger partial charge in [0.25, 0.3) is 0 Å². The van der Waals surface area contributed by atoms with Crippen LogP contribution in [0.25, 0.3) is 0 Å². The van der Waals surface area contributed by atoms with Crippen LogP contribution in [0.1, 0.15) is 29.4 Å². The second kappa shape index (κ2) is 7.44.